The van der Waals surface area contributed by atoms with Crippen molar-refractivity contribution in [1.29, 1.82) is 0 Å². The molecule has 0 aromatic heterocycles. The maximum absolute atomic E-state index is 11.1. The lowest BCUT2D eigenvalue weighted by molar-refractivity contribution is 0.281. The van der Waals surface area contributed by atoms with E-state index < -0.39 is 9.84 Å². The highest BCUT2D eigenvalue weighted by atomic mass is 32.2. The summed E-state index contributed by atoms with van der Waals surface area (Å²) < 4.78 is 22.2. The van der Waals surface area contributed by atoms with Gasteiger partial charge in [0, 0.05) is 18.8 Å². The number of sulfone groups is 1. The molecule has 0 heterocycles. The molecule has 0 bridgehead atoms. The summed E-state index contributed by atoms with van der Waals surface area (Å²) in [5.74, 6) is 0.309. The van der Waals surface area contributed by atoms with Gasteiger partial charge < -0.3 is 5.32 Å². The first-order valence-corrected chi connectivity index (χ1v) is 7.82. The first kappa shape index (κ1) is 13.0. The second kappa shape index (κ2) is 4.83. The van der Waals surface area contributed by atoms with Crippen LogP contribution in [0.4, 0.5) is 0 Å². The summed E-state index contributed by atoms with van der Waals surface area (Å²) in [5, 5.41) is 3.49. The topological polar surface area (TPSA) is 46.2 Å². The summed E-state index contributed by atoms with van der Waals surface area (Å²) in [5.41, 5.74) is 0.131. The van der Waals surface area contributed by atoms with Crippen LogP contribution < -0.4 is 5.32 Å². The highest BCUT2D eigenvalue weighted by Gasteiger charge is 2.27. The number of hydrogen-bond donors (Lipinski definition) is 1. The van der Waals surface area contributed by atoms with Crippen molar-refractivity contribution in [2.24, 2.45) is 5.41 Å². The molecule has 0 aliphatic heterocycles. The third-order valence-electron chi connectivity index (χ3n) is 3.32. The maximum Gasteiger partial charge on any atom is 0.147 e. The standard InChI is InChI=1S/C11H23NO2S/c1-4-11(2,7-8-15(3,13)14)9-12-10-5-6-10/h10,12H,4-9H2,1-3H3. The van der Waals surface area contributed by atoms with E-state index in [9.17, 15) is 8.42 Å². The van der Waals surface area contributed by atoms with Crippen LogP contribution in [-0.4, -0.2) is 33.0 Å². The van der Waals surface area contributed by atoms with E-state index in [4.69, 9.17) is 0 Å². The van der Waals surface area contributed by atoms with Crippen LogP contribution in [0, 0.1) is 5.41 Å². The highest BCUT2D eigenvalue weighted by Crippen LogP contribution is 2.27. The van der Waals surface area contributed by atoms with Gasteiger partial charge in [0.1, 0.15) is 9.84 Å². The van der Waals surface area contributed by atoms with Gasteiger partial charge >= 0.3 is 0 Å². The van der Waals surface area contributed by atoms with Crippen molar-refractivity contribution in [3.63, 3.8) is 0 Å². The lowest BCUT2D eigenvalue weighted by atomic mass is 9.84. The molecule has 1 aliphatic rings. The van der Waals surface area contributed by atoms with Crippen LogP contribution in [0.2, 0.25) is 0 Å². The molecule has 1 unspecified atom stereocenters. The molecule has 0 spiro atoms. The smallest absolute Gasteiger partial charge is 0.147 e. The second-order valence-corrected chi connectivity index (χ2v) is 7.46. The van der Waals surface area contributed by atoms with E-state index in [0.717, 1.165) is 19.4 Å². The third-order valence-corrected chi connectivity index (χ3v) is 4.27. The molecule has 0 amide bonds. The predicted octanol–water partition coefficient (Wildman–Crippen LogP) is 1.59. The average Bonchev–Trinajstić information content (AvgIpc) is 2.94. The summed E-state index contributed by atoms with van der Waals surface area (Å²) in [7, 11) is -2.82. The fourth-order valence-corrected chi connectivity index (χ4v) is 2.36. The molecule has 1 N–H and O–H groups in total. The van der Waals surface area contributed by atoms with Crippen LogP contribution in [0.25, 0.3) is 0 Å². The molecule has 0 saturated heterocycles. The lowest BCUT2D eigenvalue weighted by Crippen LogP contribution is -2.34. The van der Waals surface area contributed by atoms with Crippen LogP contribution in [-0.2, 0) is 9.84 Å². The molecular formula is C11H23NO2S. The van der Waals surface area contributed by atoms with Gasteiger partial charge in [0.2, 0.25) is 0 Å². The zero-order valence-electron chi connectivity index (χ0n) is 10.0. The Kier molecular flexibility index (Phi) is 4.18. The second-order valence-electron chi connectivity index (χ2n) is 5.20. The Morgan fingerprint density at radius 1 is 1.40 bits per heavy atom. The van der Waals surface area contributed by atoms with E-state index in [-0.39, 0.29) is 5.41 Å². The van der Waals surface area contributed by atoms with Crippen molar-refractivity contribution in [3.05, 3.63) is 0 Å². The van der Waals surface area contributed by atoms with E-state index in [1.807, 2.05) is 0 Å². The van der Waals surface area contributed by atoms with Crippen molar-refractivity contribution in [1.82, 2.24) is 5.32 Å². The molecule has 0 aromatic carbocycles. The summed E-state index contributed by atoms with van der Waals surface area (Å²) in [6, 6.07) is 0.703. The van der Waals surface area contributed by atoms with Gasteiger partial charge in [-0.3, -0.25) is 0 Å². The summed E-state index contributed by atoms with van der Waals surface area (Å²) in [4.78, 5) is 0. The quantitative estimate of drug-likeness (QED) is 0.726. The van der Waals surface area contributed by atoms with Crippen LogP contribution in [0.15, 0.2) is 0 Å². The minimum atomic E-state index is -2.82. The van der Waals surface area contributed by atoms with Crippen LogP contribution in [0.1, 0.15) is 39.5 Å². The Labute approximate surface area is 93.6 Å². The van der Waals surface area contributed by atoms with Gasteiger partial charge in [-0.2, -0.15) is 0 Å². The van der Waals surface area contributed by atoms with Crippen LogP contribution in [0.5, 0.6) is 0 Å². The van der Waals surface area contributed by atoms with Gasteiger partial charge in [0.15, 0.2) is 0 Å². The molecule has 1 saturated carbocycles. The first-order valence-electron chi connectivity index (χ1n) is 5.76. The maximum atomic E-state index is 11.1. The Balaban J connectivity index is 2.36. The number of rotatable bonds is 7. The van der Waals surface area contributed by atoms with Gasteiger partial charge in [0.25, 0.3) is 0 Å². The van der Waals surface area contributed by atoms with Crippen molar-refractivity contribution in [3.8, 4) is 0 Å². The third kappa shape index (κ3) is 5.52. The minimum Gasteiger partial charge on any atom is -0.313 e. The predicted molar refractivity (Wildman–Crippen MR) is 63.8 cm³/mol. The van der Waals surface area contributed by atoms with Crippen molar-refractivity contribution >= 4 is 9.84 Å². The zero-order valence-corrected chi connectivity index (χ0v) is 10.9. The normalized spacial score (nSPS) is 21.3. The molecule has 1 fully saturated rings. The van der Waals surface area contributed by atoms with E-state index in [1.54, 1.807) is 0 Å². The van der Waals surface area contributed by atoms with E-state index in [0.29, 0.717) is 11.8 Å². The molecule has 1 rings (SSSR count). The van der Waals surface area contributed by atoms with E-state index in [1.165, 1.54) is 19.1 Å². The van der Waals surface area contributed by atoms with E-state index in [2.05, 4.69) is 19.2 Å². The molecule has 90 valence electrons. The number of hydrogen-bond acceptors (Lipinski definition) is 3. The molecule has 3 nitrogen and oxygen atoms in total. The minimum absolute atomic E-state index is 0.131. The van der Waals surface area contributed by atoms with Gasteiger partial charge in [-0.05, 0) is 31.1 Å². The van der Waals surface area contributed by atoms with Crippen molar-refractivity contribution < 1.29 is 8.42 Å². The summed E-state index contributed by atoms with van der Waals surface area (Å²) in [6.07, 6.45) is 5.68. The largest absolute Gasteiger partial charge is 0.313 e. The van der Waals surface area contributed by atoms with Crippen molar-refractivity contribution in [2.75, 3.05) is 18.6 Å². The molecule has 15 heavy (non-hydrogen) atoms. The zero-order chi connectivity index (χ0) is 11.5. The molecule has 4 heteroatoms. The Morgan fingerprint density at radius 3 is 2.40 bits per heavy atom. The SMILES string of the molecule is CCC(C)(CCS(C)(=O)=O)CNC1CC1. The monoisotopic (exact) mass is 233 g/mol. The first-order chi connectivity index (χ1) is 6.85. The molecule has 0 aromatic rings. The summed E-state index contributed by atoms with van der Waals surface area (Å²) in [6.45, 7) is 5.26. The summed E-state index contributed by atoms with van der Waals surface area (Å²) >= 11 is 0. The Bertz CT molecular complexity index is 296. The molecular weight excluding hydrogens is 210 g/mol. The Morgan fingerprint density at radius 2 is 2.00 bits per heavy atom. The molecule has 0 radical (unpaired) electrons. The highest BCUT2D eigenvalue weighted by molar-refractivity contribution is 7.90. The van der Waals surface area contributed by atoms with Gasteiger partial charge in [-0.1, -0.05) is 13.8 Å². The van der Waals surface area contributed by atoms with Gasteiger partial charge in [0.05, 0.1) is 5.75 Å². The average molecular weight is 233 g/mol. The Hall–Kier alpha value is -0.0900. The fraction of sp³-hybridized carbons (Fsp3) is 1.00. The number of nitrogens with one attached hydrogen (secondary N) is 1. The molecule has 1 atom stereocenters. The van der Waals surface area contributed by atoms with Crippen molar-refractivity contribution in [2.45, 2.75) is 45.6 Å². The fourth-order valence-electron chi connectivity index (χ4n) is 1.50. The van der Waals surface area contributed by atoms with Crippen LogP contribution in [0.3, 0.4) is 0 Å². The van der Waals surface area contributed by atoms with Crippen LogP contribution >= 0.6 is 0 Å². The van der Waals surface area contributed by atoms with E-state index >= 15 is 0 Å². The lowest BCUT2D eigenvalue weighted by Gasteiger charge is -2.28. The molecule has 1 aliphatic carbocycles. The van der Waals surface area contributed by atoms with Gasteiger partial charge in [-0.25, -0.2) is 8.42 Å². The van der Waals surface area contributed by atoms with Gasteiger partial charge in [-0.15, -0.1) is 0 Å².